The number of hydrogen-bond acceptors (Lipinski definition) is 3. The van der Waals surface area contributed by atoms with Gasteiger partial charge in [-0.25, -0.2) is 4.79 Å². The molecule has 3 saturated carbocycles. The van der Waals surface area contributed by atoms with Crippen molar-refractivity contribution in [1.82, 2.24) is 0 Å². The van der Waals surface area contributed by atoms with Gasteiger partial charge >= 0.3 is 12.3 Å². The van der Waals surface area contributed by atoms with Crippen LogP contribution in [0.4, 0.5) is 18.0 Å². The van der Waals surface area contributed by atoms with Crippen molar-refractivity contribution in [3.63, 3.8) is 0 Å². The highest BCUT2D eigenvalue weighted by atomic mass is 19.4. The number of hydrogen-bond donors (Lipinski definition) is 0. The molecule has 0 aromatic carbocycles. The number of rotatable bonds is 7. The maximum Gasteiger partial charge on any atom is 0.508 e. The van der Waals surface area contributed by atoms with Crippen molar-refractivity contribution >= 4 is 6.16 Å². The zero-order valence-electron chi connectivity index (χ0n) is 23.0. The lowest BCUT2D eigenvalue weighted by molar-refractivity contribution is -0.167. The largest absolute Gasteiger partial charge is 0.508 e. The Kier molecular flexibility index (Phi) is 8.13. The summed E-state index contributed by atoms with van der Waals surface area (Å²) in [6, 6.07) is 0. The molecule has 206 valence electrons. The van der Waals surface area contributed by atoms with Crippen LogP contribution in [0.5, 0.6) is 0 Å². The smallest absolute Gasteiger partial charge is 0.431 e. The summed E-state index contributed by atoms with van der Waals surface area (Å²) in [5, 5.41) is 0. The molecule has 4 aliphatic carbocycles. The highest BCUT2D eigenvalue weighted by Crippen LogP contribution is 2.67. The molecule has 0 aromatic heterocycles. The van der Waals surface area contributed by atoms with E-state index in [1.807, 2.05) is 0 Å². The van der Waals surface area contributed by atoms with E-state index in [0.717, 1.165) is 42.4 Å². The summed E-state index contributed by atoms with van der Waals surface area (Å²) < 4.78 is 46.6. The molecular weight excluding hydrogens is 465 g/mol. The summed E-state index contributed by atoms with van der Waals surface area (Å²) in [6.45, 7) is 10.6. The minimum Gasteiger partial charge on any atom is -0.431 e. The van der Waals surface area contributed by atoms with Crippen LogP contribution in [-0.4, -0.2) is 25.0 Å². The first kappa shape index (κ1) is 27.8. The minimum atomic E-state index is -4.54. The molecule has 4 aliphatic rings. The van der Waals surface area contributed by atoms with Crippen molar-refractivity contribution in [2.24, 2.45) is 46.3 Å². The molecule has 0 bridgehead atoms. The predicted octanol–water partition coefficient (Wildman–Crippen LogP) is 9.11. The van der Waals surface area contributed by atoms with Crippen LogP contribution >= 0.6 is 0 Å². The van der Waals surface area contributed by atoms with Gasteiger partial charge in [0, 0.05) is 6.42 Å². The Labute approximate surface area is 215 Å². The van der Waals surface area contributed by atoms with Gasteiger partial charge in [0.15, 0.2) is 6.61 Å². The SMILES string of the molecule is CC(C)CCC[C@@H](C)[C@H]1CC[C@H]2[C@@H]3CC=C4C[C@@H](OC(=O)OCC(F)(F)F)CC[C@]4(C)[C@H]3CC[C@]12C. The number of allylic oxidation sites excluding steroid dienone is 1. The zero-order chi connectivity index (χ0) is 26.3. The van der Waals surface area contributed by atoms with Crippen molar-refractivity contribution < 1.29 is 27.4 Å². The van der Waals surface area contributed by atoms with Gasteiger partial charge in [-0.1, -0.05) is 65.5 Å². The van der Waals surface area contributed by atoms with Crippen molar-refractivity contribution in [3.8, 4) is 0 Å². The Morgan fingerprint density at radius 2 is 1.81 bits per heavy atom. The summed E-state index contributed by atoms with van der Waals surface area (Å²) in [6.07, 6.45) is 8.94. The van der Waals surface area contributed by atoms with Crippen LogP contribution in [0.15, 0.2) is 11.6 Å². The second-order valence-corrected chi connectivity index (χ2v) is 13.4. The van der Waals surface area contributed by atoms with Crippen LogP contribution in [-0.2, 0) is 9.47 Å². The zero-order valence-corrected chi connectivity index (χ0v) is 23.0. The summed E-state index contributed by atoms with van der Waals surface area (Å²) in [5.41, 5.74) is 1.91. The Morgan fingerprint density at radius 1 is 1.06 bits per heavy atom. The van der Waals surface area contributed by atoms with E-state index in [1.54, 1.807) is 0 Å². The Bertz CT molecular complexity index is 821. The standard InChI is InChI=1S/C30H47F3O3/c1-19(2)7-6-8-20(3)24-11-12-25-23-10-9-21-17-22(36-27(34)35-18-30(31,32)33)13-15-28(21,4)26(23)14-16-29(24,25)5/h9,19-20,22-26H,6-8,10-18H2,1-5H3/t20-,22+,23+,24-,25+,26+,28+,29-/m1/s1. The van der Waals surface area contributed by atoms with Crippen molar-refractivity contribution in [2.75, 3.05) is 6.61 Å². The molecule has 0 radical (unpaired) electrons. The van der Waals surface area contributed by atoms with E-state index in [2.05, 4.69) is 45.4 Å². The second-order valence-electron chi connectivity index (χ2n) is 13.4. The van der Waals surface area contributed by atoms with Crippen LogP contribution in [0.1, 0.15) is 105 Å². The van der Waals surface area contributed by atoms with Gasteiger partial charge in [0.2, 0.25) is 0 Å². The molecule has 0 N–H and O–H groups in total. The Morgan fingerprint density at radius 3 is 2.50 bits per heavy atom. The molecule has 0 aromatic rings. The van der Waals surface area contributed by atoms with E-state index in [-0.39, 0.29) is 5.41 Å². The van der Waals surface area contributed by atoms with E-state index in [9.17, 15) is 18.0 Å². The number of halogens is 3. The molecule has 3 fully saturated rings. The van der Waals surface area contributed by atoms with Crippen LogP contribution in [0, 0.1) is 46.3 Å². The molecule has 6 heteroatoms. The summed E-state index contributed by atoms with van der Waals surface area (Å²) in [7, 11) is 0. The first-order valence-electron chi connectivity index (χ1n) is 14.4. The highest BCUT2D eigenvalue weighted by Gasteiger charge is 2.59. The van der Waals surface area contributed by atoms with E-state index in [0.29, 0.717) is 24.2 Å². The van der Waals surface area contributed by atoms with Crippen molar-refractivity contribution in [1.29, 1.82) is 0 Å². The fourth-order valence-electron chi connectivity index (χ4n) is 9.06. The third-order valence-corrected chi connectivity index (χ3v) is 10.9. The van der Waals surface area contributed by atoms with Crippen molar-refractivity contribution in [2.45, 2.75) is 118 Å². The lowest BCUT2D eigenvalue weighted by atomic mass is 9.47. The summed E-state index contributed by atoms with van der Waals surface area (Å²) >= 11 is 0. The van der Waals surface area contributed by atoms with Crippen LogP contribution in [0.25, 0.3) is 0 Å². The molecule has 0 aliphatic heterocycles. The summed E-state index contributed by atoms with van der Waals surface area (Å²) in [4.78, 5) is 11.8. The quantitative estimate of drug-likeness (QED) is 0.252. The highest BCUT2D eigenvalue weighted by molar-refractivity contribution is 5.60. The molecule has 0 unspecified atom stereocenters. The minimum absolute atomic E-state index is 0.112. The lowest BCUT2D eigenvalue weighted by Gasteiger charge is -2.58. The average Bonchev–Trinajstić information content (AvgIpc) is 3.14. The topological polar surface area (TPSA) is 35.5 Å². The molecule has 3 nitrogen and oxygen atoms in total. The van der Waals surface area contributed by atoms with Crippen LogP contribution in [0.2, 0.25) is 0 Å². The molecule has 0 saturated heterocycles. The van der Waals surface area contributed by atoms with E-state index < -0.39 is 25.0 Å². The van der Waals surface area contributed by atoms with Crippen molar-refractivity contribution in [3.05, 3.63) is 11.6 Å². The molecule has 4 rings (SSSR count). The summed E-state index contributed by atoms with van der Waals surface area (Å²) in [5.74, 6) is 4.58. The number of carbonyl (C=O) groups is 1. The normalized spacial score (nSPS) is 39.0. The Balaban J connectivity index is 1.39. The van der Waals surface area contributed by atoms with Gasteiger partial charge in [-0.2, -0.15) is 13.2 Å². The lowest BCUT2D eigenvalue weighted by Crippen LogP contribution is -2.51. The molecular formula is C30H47F3O3. The van der Waals surface area contributed by atoms with Crippen LogP contribution in [0.3, 0.4) is 0 Å². The number of carbonyl (C=O) groups excluding carboxylic acids is 1. The molecule has 0 spiro atoms. The van der Waals surface area contributed by atoms with Gasteiger partial charge in [-0.05, 0) is 91.3 Å². The molecule has 8 atom stereocenters. The van der Waals surface area contributed by atoms with Crippen LogP contribution < -0.4 is 0 Å². The predicted molar refractivity (Wildman–Crippen MR) is 135 cm³/mol. The van der Waals surface area contributed by atoms with E-state index in [1.165, 1.54) is 50.5 Å². The van der Waals surface area contributed by atoms with Gasteiger partial charge in [0.25, 0.3) is 0 Å². The molecule has 36 heavy (non-hydrogen) atoms. The Hall–Kier alpha value is -1.20. The monoisotopic (exact) mass is 512 g/mol. The van der Waals surface area contributed by atoms with Gasteiger partial charge in [-0.15, -0.1) is 0 Å². The van der Waals surface area contributed by atoms with E-state index >= 15 is 0 Å². The van der Waals surface area contributed by atoms with E-state index in [4.69, 9.17) is 4.74 Å². The first-order chi connectivity index (χ1) is 16.8. The fraction of sp³-hybridized carbons (Fsp3) is 0.900. The van der Waals surface area contributed by atoms with Gasteiger partial charge < -0.3 is 9.47 Å². The van der Waals surface area contributed by atoms with Gasteiger partial charge in [-0.3, -0.25) is 0 Å². The average molecular weight is 513 g/mol. The third kappa shape index (κ3) is 5.62. The maximum atomic E-state index is 12.4. The number of fused-ring (bicyclic) bond motifs is 5. The van der Waals surface area contributed by atoms with Gasteiger partial charge in [0.1, 0.15) is 6.10 Å². The molecule has 0 heterocycles. The number of ether oxygens (including phenoxy) is 2. The second kappa shape index (κ2) is 10.5. The first-order valence-corrected chi connectivity index (χ1v) is 14.4. The fourth-order valence-corrected chi connectivity index (χ4v) is 9.06. The molecule has 0 amide bonds. The van der Waals surface area contributed by atoms with Gasteiger partial charge in [0.05, 0.1) is 0 Å². The number of alkyl halides is 3. The maximum absolute atomic E-state index is 12.4. The third-order valence-electron chi connectivity index (χ3n) is 10.9.